The Morgan fingerprint density at radius 2 is 1.70 bits per heavy atom. The monoisotopic (exact) mass is 413 g/mol. The summed E-state index contributed by atoms with van der Waals surface area (Å²) in [4.78, 5) is 27.6. The minimum absolute atomic E-state index is 0.0236. The molecule has 2 aromatic rings. The predicted molar refractivity (Wildman–Crippen MR) is 110 cm³/mol. The summed E-state index contributed by atoms with van der Waals surface area (Å²) in [5.41, 5.74) is 0.817. The smallest absolute Gasteiger partial charge is 0.282 e. The lowest BCUT2D eigenvalue weighted by Gasteiger charge is -2.34. The summed E-state index contributed by atoms with van der Waals surface area (Å²) < 4.78 is 19.0. The summed E-state index contributed by atoms with van der Waals surface area (Å²) in [6, 6.07) is 10.8. The van der Waals surface area contributed by atoms with E-state index >= 15 is 0 Å². The summed E-state index contributed by atoms with van der Waals surface area (Å²) >= 11 is 0. The zero-order valence-corrected chi connectivity index (χ0v) is 16.6. The van der Waals surface area contributed by atoms with Crippen molar-refractivity contribution >= 4 is 17.3 Å². The highest BCUT2D eigenvalue weighted by Crippen LogP contribution is 2.30. The number of benzene rings is 2. The Morgan fingerprint density at radius 1 is 1.03 bits per heavy atom. The number of halogens is 1. The van der Waals surface area contributed by atoms with Gasteiger partial charge in [0.25, 0.3) is 11.6 Å². The van der Waals surface area contributed by atoms with Crippen LogP contribution >= 0.6 is 0 Å². The molecule has 0 radical (unpaired) electrons. The molecule has 7 nitrogen and oxygen atoms in total. The zero-order chi connectivity index (χ0) is 21.1. The molecule has 0 aliphatic carbocycles. The van der Waals surface area contributed by atoms with E-state index in [1.165, 1.54) is 18.2 Å². The number of ether oxygens (including phenoxy) is 1. The normalized spacial score (nSPS) is 17.2. The molecule has 8 heteroatoms. The minimum atomic E-state index is -0.490. The molecular formula is C22H24FN3O4. The van der Waals surface area contributed by atoms with Gasteiger partial charge in [0, 0.05) is 50.8 Å². The molecule has 2 heterocycles. The number of piperidine rings is 1. The molecule has 2 fully saturated rings. The fourth-order valence-electron chi connectivity index (χ4n) is 4.08. The van der Waals surface area contributed by atoms with Gasteiger partial charge < -0.3 is 14.5 Å². The van der Waals surface area contributed by atoms with Crippen LogP contribution in [0.15, 0.2) is 42.5 Å². The van der Waals surface area contributed by atoms with E-state index in [9.17, 15) is 19.3 Å². The largest absolute Gasteiger partial charge is 0.490 e. The van der Waals surface area contributed by atoms with Gasteiger partial charge >= 0.3 is 0 Å². The molecule has 0 N–H and O–H groups in total. The van der Waals surface area contributed by atoms with E-state index in [0.717, 1.165) is 31.4 Å². The quantitative estimate of drug-likeness (QED) is 0.547. The molecule has 0 bridgehead atoms. The molecular weight excluding hydrogens is 389 g/mol. The standard InChI is InChI=1S/C22H24FN3O4/c23-16-3-6-18(7-4-16)30-19-9-13-24(14-10-19)17-5-8-21(26(28)29)20(15-17)22(27)25-11-1-2-12-25/h3-8,15,19H,1-2,9-14H2. The van der Waals surface area contributed by atoms with Gasteiger partial charge in [-0.1, -0.05) is 0 Å². The number of likely N-dealkylation sites (tertiary alicyclic amines) is 1. The van der Waals surface area contributed by atoms with Gasteiger partial charge in [-0.3, -0.25) is 14.9 Å². The van der Waals surface area contributed by atoms with Crippen LogP contribution in [0.3, 0.4) is 0 Å². The zero-order valence-electron chi connectivity index (χ0n) is 16.6. The van der Waals surface area contributed by atoms with E-state index < -0.39 is 4.92 Å². The number of nitrogens with zero attached hydrogens (tertiary/aromatic N) is 3. The van der Waals surface area contributed by atoms with Crippen molar-refractivity contribution < 1.29 is 18.8 Å². The number of amides is 1. The van der Waals surface area contributed by atoms with Crippen LogP contribution in [0.5, 0.6) is 5.75 Å². The molecule has 30 heavy (non-hydrogen) atoms. The lowest BCUT2D eigenvalue weighted by Crippen LogP contribution is -2.38. The minimum Gasteiger partial charge on any atom is -0.490 e. The van der Waals surface area contributed by atoms with Gasteiger partial charge in [-0.2, -0.15) is 0 Å². The van der Waals surface area contributed by atoms with Gasteiger partial charge in [0.15, 0.2) is 0 Å². The fraction of sp³-hybridized carbons (Fsp3) is 0.409. The second-order valence-corrected chi connectivity index (χ2v) is 7.72. The number of nitro benzene ring substituents is 1. The third-order valence-corrected chi connectivity index (χ3v) is 5.72. The average Bonchev–Trinajstić information content (AvgIpc) is 3.30. The molecule has 0 saturated carbocycles. The van der Waals surface area contributed by atoms with Crippen molar-refractivity contribution in [2.45, 2.75) is 31.8 Å². The fourth-order valence-corrected chi connectivity index (χ4v) is 4.08. The third-order valence-electron chi connectivity index (χ3n) is 5.72. The summed E-state index contributed by atoms with van der Waals surface area (Å²) in [7, 11) is 0. The first-order valence-corrected chi connectivity index (χ1v) is 10.3. The molecule has 2 saturated heterocycles. The topological polar surface area (TPSA) is 75.9 Å². The Balaban J connectivity index is 1.45. The molecule has 2 aliphatic rings. The van der Waals surface area contributed by atoms with Crippen molar-refractivity contribution in [2.24, 2.45) is 0 Å². The number of nitro groups is 1. The number of rotatable bonds is 5. The molecule has 158 valence electrons. The highest BCUT2D eigenvalue weighted by atomic mass is 19.1. The van der Waals surface area contributed by atoms with Crippen molar-refractivity contribution in [1.82, 2.24) is 4.90 Å². The maximum absolute atomic E-state index is 13.0. The van der Waals surface area contributed by atoms with Crippen LogP contribution in [0.4, 0.5) is 15.8 Å². The summed E-state index contributed by atoms with van der Waals surface area (Å²) in [5, 5.41) is 11.4. The molecule has 1 amide bonds. The maximum atomic E-state index is 13.0. The second kappa shape index (κ2) is 8.69. The van der Waals surface area contributed by atoms with E-state index in [-0.39, 0.29) is 29.1 Å². The van der Waals surface area contributed by atoms with Crippen molar-refractivity contribution in [1.29, 1.82) is 0 Å². The van der Waals surface area contributed by atoms with Crippen molar-refractivity contribution in [3.63, 3.8) is 0 Å². The lowest BCUT2D eigenvalue weighted by molar-refractivity contribution is -0.385. The van der Waals surface area contributed by atoms with E-state index in [0.29, 0.717) is 31.9 Å². The number of carbonyl (C=O) groups excluding carboxylic acids is 1. The average molecular weight is 413 g/mol. The van der Waals surface area contributed by atoms with Gasteiger partial charge in [-0.15, -0.1) is 0 Å². The van der Waals surface area contributed by atoms with Crippen LogP contribution in [-0.2, 0) is 0 Å². The molecule has 0 unspecified atom stereocenters. The van der Waals surface area contributed by atoms with Gasteiger partial charge in [0.05, 0.1) is 4.92 Å². The van der Waals surface area contributed by atoms with Crippen LogP contribution in [-0.4, -0.2) is 48.0 Å². The Morgan fingerprint density at radius 3 is 2.33 bits per heavy atom. The molecule has 0 spiro atoms. The number of carbonyl (C=O) groups is 1. The van der Waals surface area contributed by atoms with E-state index in [1.54, 1.807) is 29.2 Å². The summed E-state index contributed by atoms with van der Waals surface area (Å²) in [5.74, 6) is 0.0777. The van der Waals surface area contributed by atoms with Gasteiger partial charge in [0.2, 0.25) is 0 Å². The van der Waals surface area contributed by atoms with Gasteiger partial charge in [-0.25, -0.2) is 4.39 Å². The summed E-state index contributed by atoms with van der Waals surface area (Å²) in [6.07, 6.45) is 3.42. The second-order valence-electron chi connectivity index (χ2n) is 7.72. The number of hydrogen-bond acceptors (Lipinski definition) is 5. The Bertz CT molecular complexity index is 920. The molecule has 0 atom stereocenters. The van der Waals surface area contributed by atoms with Crippen molar-refractivity contribution in [2.75, 3.05) is 31.1 Å². The summed E-state index contributed by atoms with van der Waals surface area (Å²) in [6.45, 7) is 2.71. The van der Waals surface area contributed by atoms with Crippen LogP contribution < -0.4 is 9.64 Å². The predicted octanol–water partition coefficient (Wildman–Crippen LogP) is 4.02. The van der Waals surface area contributed by atoms with Crippen molar-refractivity contribution in [3.8, 4) is 5.75 Å². The van der Waals surface area contributed by atoms with Crippen LogP contribution in [0.1, 0.15) is 36.0 Å². The van der Waals surface area contributed by atoms with E-state index in [4.69, 9.17) is 4.74 Å². The first kappa shape index (κ1) is 20.1. The van der Waals surface area contributed by atoms with E-state index in [1.807, 2.05) is 0 Å². The molecule has 2 aromatic carbocycles. The Hall–Kier alpha value is -3.16. The van der Waals surface area contributed by atoms with Crippen LogP contribution in [0.25, 0.3) is 0 Å². The SMILES string of the molecule is O=C(c1cc(N2CCC(Oc3ccc(F)cc3)CC2)ccc1[N+](=O)[O-])N1CCCC1. The lowest BCUT2D eigenvalue weighted by atomic mass is 10.0. The highest BCUT2D eigenvalue weighted by molar-refractivity contribution is 5.99. The first-order chi connectivity index (χ1) is 14.5. The third kappa shape index (κ3) is 4.37. The van der Waals surface area contributed by atoms with Gasteiger partial charge in [0.1, 0.15) is 23.2 Å². The molecule has 4 rings (SSSR count). The van der Waals surface area contributed by atoms with Crippen LogP contribution in [0, 0.1) is 15.9 Å². The van der Waals surface area contributed by atoms with Gasteiger partial charge in [-0.05, 0) is 49.2 Å². The first-order valence-electron chi connectivity index (χ1n) is 10.3. The van der Waals surface area contributed by atoms with Crippen LogP contribution in [0.2, 0.25) is 0 Å². The molecule has 0 aromatic heterocycles. The number of anilines is 1. The Kier molecular flexibility index (Phi) is 5.83. The van der Waals surface area contributed by atoms with Crippen molar-refractivity contribution in [3.05, 3.63) is 64.0 Å². The number of hydrogen-bond donors (Lipinski definition) is 0. The maximum Gasteiger partial charge on any atom is 0.282 e. The molecule has 2 aliphatic heterocycles. The Labute approximate surface area is 174 Å². The highest BCUT2D eigenvalue weighted by Gasteiger charge is 2.28. The van der Waals surface area contributed by atoms with E-state index in [2.05, 4.69) is 4.90 Å².